The molecule has 9 heteroatoms. The molecular formula is C26H32ClN5O3. The van der Waals surface area contributed by atoms with E-state index in [0.29, 0.717) is 35.2 Å². The maximum Gasteiger partial charge on any atom is 0.323 e. The van der Waals surface area contributed by atoms with Crippen molar-refractivity contribution < 1.29 is 14.2 Å². The molecule has 1 saturated carbocycles. The molecule has 0 radical (unpaired) electrons. The van der Waals surface area contributed by atoms with Gasteiger partial charge in [0.25, 0.3) is 0 Å². The van der Waals surface area contributed by atoms with Gasteiger partial charge >= 0.3 is 6.01 Å². The number of halogens is 1. The van der Waals surface area contributed by atoms with Crippen LogP contribution in [0.4, 0.5) is 23.3 Å². The maximum atomic E-state index is 6.29. The van der Waals surface area contributed by atoms with E-state index in [0.717, 1.165) is 29.1 Å². The summed E-state index contributed by atoms with van der Waals surface area (Å²) in [5.41, 5.74) is 2.67. The molecule has 0 saturated heterocycles. The molecule has 1 aliphatic carbocycles. The van der Waals surface area contributed by atoms with Gasteiger partial charge < -0.3 is 24.8 Å². The lowest BCUT2D eigenvalue weighted by Crippen LogP contribution is -2.17. The number of hydrogen-bond acceptors (Lipinski definition) is 8. The minimum Gasteiger partial charge on any atom is -0.496 e. The Labute approximate surface area is 211 Å². The van der Waals surface area contributed by atoms with Crippen molar-refractivity contribution in [3.63, 3.8) is 0 Å². The predicted octanol–water partition coefficient (Wildman–Crippen LogP) is 6.55. The highest BCUT2D eigenvalue weighted by molar-refractivity contribution is 6.32. The number of benzene rings is 2. The minimum atomic E-state index is 0.277. The maximum absolute atomic E-state index is 6.29. The first kappa shape index (κ1) is 24.9. The summed E-state index contributed by atoms with van der Waals surface area (Å²) in [5.74, 6) is 2.71. The molecule has 0 amide bonds. The average molecular weight is 498 g/mol. The van der Waals surface area contributed by atoms with Gasteiger partial charge in [0.05, 0.1) is 25.8 Å². The summed E-state index contributed by atoms with van der Waals surface area (Å²) in [5, 5.41) is 6.97. The normalized spacial score (nSPS) is 13.8. The fourth-order valence-electron chi connectivity index (χ4n) is 4.21. The lowest BCUT2D eigenvalue weighted by molar-refractivity contribution is 0.196. The number of aryl methyl sites for hydroxylation is 1. The molecule has 1 aliphatic rings. The van der Waals surface area contributed by atoms with Crippen molar-refractivity contribution in [3.05, 3.63) is 47.0 Å². The molecule has 2 aromatic carbocycles. The highest BCUT2D eigenvalue weighted by Gasteiger charge is 2.16. The van der Waals surface area contributed by atoms with Crippen molar-refractivity contribution in [1.29, 1.82) is 0 Å². The van der Waals surface area contributed by atoms with Crippen molar-refractivity contribution in [1.82, 2.24) is 15.0 Å². The molecule has 4 rings (SSSR count). The van der Waals surface area contributed by atoms with Crippen LogP contribution in [0.3, 0.4) is 0 Å². The summed E-state index contributed by atoms with van der Waals surface area (Å²) in [6.45, 7) is 2.68. The summed E-state index contributed by atoms with van der Waals surface area (Å²) in [4.78, 5) is 13.6. The molecule has 1 fully saturated rings. The van der Waals surface area contributed by atoms with E-state index in [1.54, 1.807) is 26.4 Å². The Hall–Kier alpha value is -3.26. The Morgan fingerprint density at radius 1 is 0.857 bits per heavy atom. The van der Waals surface area contributed by atoms with Gasteiger partial charge in [0.2, 0.25) is 11.9 Å². The number of aromatic nitrogens is 3. The zero-order valence-electron chi connectivity index (χ0n) is 20.4. The number of methoxy groups -OCH3 is 2. The molecule has 35 heavy (non-hydrogen) atoms. The second-order valence-corrected chi connectivity index (χ2v) is 8.97. The van der Waals surface area contributed by atoms with Gasteiger partial charge in [0.1, 0.15) is 11.5 Å². The summed E-state index contributed by atoms with van der Waals surface area (Å²) in [6, 6.07) is 11.6. The summed E-state index contributed by atoms with van der Waals surface area (Å²) >= 11 is 6.29. The number of rotatable bonds is 10. The first-order valence-electron chi connectivity index (χ1n) is 12.0. The van der Waals surface area contributed by atoms with Crippen LogP contribution in [0.25, 0.3) is 0 Å². The van der Waals surface area contributed by atoms with E-state index in [4.69, 9.17) is 25.8 Å². The third kappa shape index (κ3) is 6.66. The summed E-state index contributed by atoms with van der Waals surface area (Å²) in [6.07, 6.45) is 7.00. The van der Waals surface area contributed by atoms with Gasteiger partial charge in [-0.1, -0.05) is 37.8 Å². The molecule has 0 aliphatic heterocycles. The van der Waals surface area contributed by atoms with Gasteiger partial charge in [-0.05, 0) is 67.1 Å². The van der Waals surface area contributed by atoms with Gasteiger partial charge in [-0.15, -0.1) is 0 Å². The second-order valence-electron chi connectivity index (χ2n) is 8.56. The third-order valence-corrected chi connectivity index (χ3v) is 6.41. The first-order chi connectivity index (χ1) is 17.1. The zero-order valence-corrected chi connectivity index (χ0v) is 21.2. The van der Waals surface area contributed by atoms with Crippen LogP contribution in [0.1, 0.15) is 44.6 Å². The zero-order chi connectivity index (χ0) is 24.6. The van der Waals surface area contributed by atoms with Crippen molar-refractivity contribution >= 4 is 34.9 Å². The quantitative estimate of drug-likeness (QED) is 0.326. The second kappa shape index (κ2) is 11.9. The van der Waals surface area contributed by atoms with Crippen LogP contribution < -0.4 is 24.8 Å². The van der Waals surface area contributed by atoms with Crippen LogP contribution in [-0.4, -0.2) is 35.8 Å². The van der Waals surface area contributed by atoms with Crippen molar-refractivity contribution in [2.75, 3.05) is 31.5 Å². The Kier molecular flexibility index (Phi) is 8.47. The van der Waals surface area contributed by atoms with E-state index in [9.17, 15) is 0 Å². The number of nitrogens with zero attached hydrogens (tertiary/aromatic N) is 3. The molecular weight excluding hydrogens is 466 g/mol. The van der Waals surface area contributed by atoms with Gasteiger partial charge in [-0.3, -0.25) is 0 Å². The number of ether oxygens (including phenoxy) is 3. The molecule has 3 aromatic rings. The first-order valence-corrected chi connectivity index (χ1v) is 12.4. The van der Waals surface area contributed by atoms with E-state index < -0.39 is 0 Å². The number of anilines is 4. The molecule has 0 unspecified atom stereocenters. The van der Waals surface area contributed by atoms with Crippen molar-refractivity contribution in [2.45, 2.75) is 45.4 Å². The van der Waals surface area contributed by atoms with E-state index in [-0.39, 0.29) is 6.01 Å². The third-order valence-electron chi connectivity index (χ3n) is 6.11. The largest absolute Gasteiger partial charge is 0.496 e. The Morgan fingerprint density at radius 3 is 2.09 bits per heavy atom. The molecule has 0 spiro atoms. The van der Waals surface area contributed by atoms with E-state index in [2.05, 4.69) is 32.5 Å². The Morgan fingerprint density at radius 2 is 1.49 bits per heavy atom. The monoisotopic (exact) mass is 497 g/mol. The minimum absolute atomic E-state index is 0.277. The lowest BCUT2D eigenvalue weighted by Gasteiger charge is -2.21. The van der Waals surface area contributed by atoms with Crippen molar-refractivity contribution in [3.8, 4) is 17.5 Å². The highest BCUT2D eigenvalue weighted by atomic mass is 35.5. The summed E-state index contributed by atoms with van der Waals surface area (Å²) in [7, 11) is 3.25. The SMILES string of the molecule is CCc1cc(Nc2nc(Nc3ccc(OC)c(Cl)c3)nc(OCC3CCCCC3)n2)ccc1OC. The van der Waals surface area contributed by atoms with E-state index in [1.165, 1.54) is 32.1 Å². The predicted molar refractivity (Wildman–Crippen MR) is 139 cm³/mol. The Bertz CT molecular complexity index is 1140. The number of nitrogens with one attached hydrogen (secondary N) is 2. The summed E-state index contributed by atoms with van der Waals surface area (Å²) < 4.78 is 16.7. The van der Waals surface area contributed by atoms with Crippen LogP contribution in [0, 0.1) is 5.92 Å². The molecule has 8 nitrogen and oxygen atoms in total. The van der Waals surface area contributed by atoms with Gasteiger partial charge in [-0.2, -0.15) is 15.0 Å². The molecule has 0 bridgehead atoms. The van der Waals surface area contributed by atoms with Crippen LogP contribution in [0.5, 0.6) is 17.5 Å². The van der Waals surface area contributed by atoms with E-state index in [1.807, 2.05) is 24.3 Å². The standard InChI is InChI=1S/C26H32ClN5O3/c1-4-18-14-19(10-12-22(18)33-2)28-24-30-25(29-20-11-13-23(34-3)21(27)15-20)32-26(31-24)35-16-17-8-6-5-7-9-17/h10-15,17H,4-9,16H2,1-3H3,(H2,28,29,30,31,32). The molecule has 0 atom stereocenters. The highest BCUT2D eigenvalue weighted by Crippen LogP contribution is 2.30. The van der Waals surface area contributed by atoms with Crippen LogP contribution in [0.15, 0.2) is 36.4 Å². The van der Waals surface area contributed by atoms with Gasteiger partial charge in [0.15, 0.2) is 0 Å². The smallest absolute Gasteiger partial charge is 0.323 e. The molecule has 186 valence electrons. The fourth-order valence-corrected chi connectivity index (χ4v) is 4.47. The van der Waals surface area contributed by atoms with Gasteiger partial charge in [0, 0.05) is 11.4 Å². The lowest BCUT2D eigenvalue weighted by atomic mass is 9.90. The molecule has 1 heterocycles. The van der Waals surface area contributed by atoms with Crippen LogP contribution >= 0.6 is 11.6 Å². The Balaban J connectivity index is 1.58. The topological polar surface area (TPSA) is 90.4 Å². The van der Waals surface area contributed by atoms with E-state index >= 15 is 0 Å². The van der Waals surface area contributed by atoms with Crippen LogP contribution in [0.2, 0.25) is 5.02 Å². The van der Waals surface area contributed by atoms with Crippen molar-refractivity contribution in [2.24, 2.45) is 5.92 Å². The van der Waals surface area contributed by atoms with Gasteiger partial charge in [-0.25, -0.2) is 0 Å². The fraction of sp³-hybridized carbons (Fsp3) is 0.423. The number of hydrogen-bond donors (Lipinski definition) is 2. The van der Waals surface area contributed by atoms with Crippen LogP contribution in [-0.2, 0) is 6.42 Å². The molecule has 2 N–H and O–H groups in total. The average Bonchev–Trinajstić information content (AvgIpc) is 2.88. The molecule has 1 aromatic heterocycles.